The van der Waals surface area contributed by atoms with Crippen molar-refractivity contribution in [2.45, 2.75) is 12.6 Å². The van der Waals surface area contributed by atoms with Crippen molar-refractivity contribution in [2.24, 2.45) is 0 Å². The molecule has 0 aliphatic heterocycles. The Morgan fingerprint density at radius 2 is 2.09 bits per heavy atom. The first kappa shape index (κ1) is 15.3. The maximum Gasteiger partial charge on any atom is 0.119 e. The van der Waals surface area contributed by atoms with Gasteiger partial charge in [-0.3, -0.25) is 4.68 Å². The molecule has 5 nitrogen and oxygen atoms in total. The number of hydrogen-bond donors (Lipinski definition) is 1. The minimum atomic E-state index is -0.666. The molecule has 0 spiro atoms. The first-order valence-electron chi connectivity index (χ1n) is 7.11. The minimum Gasteiger partial charge on any atom is -0.491 e. The lowest BCUT2D eigenvalue weighted by molar-refractivity contribution is 0.0894. The number of aliphatic hydroxyl groups is 1. The van der Waals surface area contributed by atoms with Gasteiger partial charge in [0.1, 0.15) is 18.5 Å². The predicted octanol–water partition coefficient (Wildman–Crippen LogP) is 2.92. The van der Waals surface area contributed by atoms with Gasteiger partial charge in [0.15, 0.2) is 0 Å². The van der Waals surface area contributed by atoms with Crippen molar-refractivity contribution in [3.8, 4) is 23.1 Å². The van der Waals surface area contributed by atoms with Crippen molar-refractivity contribution in [3.63, 3.8) is 0 Å². The number of nitrogens with zero attached hydrogens (tertiary/aromatic N) is 3. The van der Waals surface area contributed by atoms with E-state index in [2.05, 4.69) is 5.10 Å². The fourth-order valence-electron chi connectivity index (χ4n) is 2.11. The highest BCUT2D eigenvalue weighted by molar-refractivity contribution is 7.08. The Balaban J connectivity index is 1.53. The number of hydrogen-bond acceptors (Lipinski definition) is 5. The first-order valence-corrected chi connectivity index (χ1v) is 8.06. The van der Waals surface area contributed by atoms with Crippen LogP contribution >= 0.6 is 11.3 Å². The third-order valence-electron chi connectivity index (χ3n) is 3.28. The lowest BCUT2D eigenvalue weighted by Gasteiger charge is -2.12. The zero-order valence-corrected chi connectivity index (χ0v) is 13.1. The largest absolute Gasteiger partial charge is 0.491 e. The predicted molar refractivity (Wildman–Crippen MR) is 88.2 cm³/mol. The van der Waals surface area contributed by atoms with Crippen LogP contribution in [-0.4, -0.2) is 27.6 Å². The van der Waals surface area contributed by atoms with E-state index in [0.717, 1.165) is 11.3 Å². The summed E-state index contributed by atoms with van der Waals surface area (Å²) >= 11 is 1.63. The fourth-order valence-corrected chi connectivity index (χ4v) is 2.76. The van der Waals surface area contributed by atoms with Crippen LogP contribution in [0.15, 0.2) is 53.4 Å². The Kier molecular flexibility index (Phi) is 4.71. The number of aromatic nitrogens is 2. The average Bonchev–Trinajstić information content (AvgIpc) is 3.24. The molecule has 0 amide bonds. The van der Waals surface area contributed by atoms with E-state index in [4.69, 9.17) is 10.00 Å². The van der Waals surface area contributed by atoms with Crippen LogP contribution in [0.1, 0.15) is 5.56 Å². The number of benzene rings is 1. The van der Waals surface area contributed by atoms with Crippen LogP contribution in [0.5, 0.6) is 5.75 Å². The first-order chi connectivity index (χ1) is 11.2. The topological polar surface area (TPSA) is 71.1 Å². The van der Waals surface area contributed by atoms with Crippen molar-refractivity contribution in [3.05, 3.63) is 58.9 Å². The summed E-state index contributed by atoms with van der Waals surface area (Å²) in [4.78, 5) is 0. The van der Waals surface area contributed by atoms with Crippen LogP contribution < -0.4 is 4.74 Å². The van der Waals surface area contributed by atoms with Crippen molar-refractivity contribution >= 4 is 11.3 Å². The van der Waals surface area contributed by atoms with Gasteiger partial charge in [0.25, 0.3) is 0 Å². The molecular weight excluding hydrogens is 310 g/mol. The van der Waals surface area contributed by atoms with E-state index in [1.165, 1.54) is 0 Å². The number of thiophene rings is 1. The number of aliphatic hydroxyl groups excluding tert-OH is 1. The fraction of sp³-hybridized carbons (Fsp3) is 0.176. The van der Waals surface area contributed by atoms with Gasteiger partial charge < -0.3 is 9.84 Å². The summed E-state index contributed by atoms with van der Waals surface area (Å²) in [5.74, 6) is 0.627. The van der Waals surface area contributed by atoms with Crippen LogP contribution in [0.4, 0.5) is 0 Å². The average molecular weight is 325 g/mol. The molecule has 0 saturated heterocycles. The molecule has 3 aromatic rings. The molecule has 1 unspecified atom stereocenters. The smallest absolute Gasteiger partial charge is 0.119 e. The van der Waals surface area contributed by atoms with E-state index in [0.29, 0.717) is 17.9 Å². The molecule has 0 bridgehead atoms. The number of ether oxygens (including phenoxy) is 1. The summed E-state index contributed by atoms with van der Waals surface area (Å²) in [6, 6.07) is 12.8. The zero-order valence-electron chi connectivity index (χ0n) is 12.3. The zero-order chi connectivity index (χ0) is 16.1. The second kappa shape index (κ2) is 7.09. The van der Waals surface area contributed by atoms with Gasteiger partial charge in [0.2, 0.25) is 0 Å². The second-order valence-corrected chi connectivity index (χ2v) is 5.82. The van der Waals surface area contributed by atoms with Gasteiger partial charge in [-0.1, -0.05) is 0 Å². The molecule has 116 valence electrons. The highest BCUT2D eigenvalue weighted by atomic mass is 32.1. The van der Waals surface area contributed by atoms with Gasteiger partial charge in [-0.25, -0.2) is 0 Å². The summed E-state index contributed by atoms with van der Waals surface area (Å²) in [5.41, 5.74) is 2.55. The summed E-state index contributed by atoms with van der Waals surface area (Å²) in [5, 5.41) is 27.3. The van der Waals surface area contributed by atoms with E-state index in [-0.39, 0.29) is 6.61 Å². The lowest BCUT2D eigenvalue weighted by atomic mass is 10.2. The standard InChI is InChI=1S/C17H15N3O2S/c18-9-13-1-3-16(4-2-13)22-11-15(21)10-20-7-5-17(19-20)14-6-8-23-12-14/h1-8,12,15,21H,10-11H2. The lowest BCUT2D eigenvalue weighted by Crippen LogP contribution is -2.23. The Bertz CT molecular complexity index is 788. The van der Waals surface area contributed by atoms with Crippen LogP contribution in [0.3, 0.4) is 0 Å². The molecule has 3 rings (SSSR count). The molecule has 0 aliphatic carbocycles. The van der Waals surface area contributed by atoms with Gasteiger partial charge >= 0.3 is 0 Å². The molecular formula is C17H15N3O2S. The summed E-state index contributed by atoms with van der Waals surface area (Å²) in [6.07, 6.45) is 1.18. The molecule has 0 saturated carbocycles. The third kappa shape index (κ3) is 3.97. The maximum atomic E-state index is 10.1. The number of nitriles is 1. The molecule has 1 aromatic carbocycles. The van der Waals surface area contributed by atoms with Crippen LogP contribution in [-0.2, 0) is 6.54 Å². The Morgan fingerprint density at radius 3 is 2.78 bits per heavy atom. The van der Waals surface area contributed by atoms with E-state index < -0.39 is 6.10 Å². The molecule has 1 atom stereocenters. The highest BCUT2D eigenvalue weighted by Crippen LogP contribution is 2.19. The van der Waals surface area contributed by atoms with E-state index in [9.17, 15) is 5.11 Å². The van der Waals surface area contributed by atoms with Crippen LogP contribution in [0, 0.1) is 11.3 Å². The molecule has 1 N–H and O–H groups in total. The van der Waals surface area contributed by atoms with Gasteiger partial charge in [-0.15, -0.1) is 0 Å². The summed E-state index contributed by atoms with van der Waals surface area (Å²) in [7, 11) is 0. The van der Waals surface area contributed by atoms with E-state index in [1.807, 2.05) is 35.2 Å². The number of rotatable bonds is 6. The van der Waals surface area contributed by atoms with Crippen molar-refractivity contribution in [2.75, 3.05) is 6.61 Å². The van der Waals surface area contributed by atoms with Crippen LogP contribution in [0.2, 0.25) is 0 Å². The van der Waals surface area contributed by atoms with Gasteiger partial charge in [0, 0.05) is 17.1 Å². The normalized spacial score (nSPS) is 11.8. The molecule has 6 heteroatoms. The Morgan fingerprint density at radius 1 is 1.26 bits per heavy atom. The SMILES string of the molecule is N#Cc1ccc(OCC(O)Cn2ccc(-c3ccsc3)n2)cc1. The second-order valence-electron chi connectivity index (χ2n) is 5.04. The molecule has 0 radical (unpaired) electrons. The highest BCUT2D eigenvalue weighted by Gasteiger charge is 2.09. The Labute approximate surface area is 138 Å². The molecule has 0 fully saturated rings. The van der Waals surface area contributed by atoms with Gasteiger partial charge in [-0.2, -0.15) is 21.7 Å². The molecule has 2 heterocycles. The van der Waals surface area contributed by atoms with Crippen molar-refractivity contribution in [1.29, 1.82) is 5.26 Å². The van der Waals surface area contributed by atoms with E-state index >= 15 is 0 Å². The minimum absolute atomic E-state index is 0.166. The monoisotopic (exact) mass is 325 g/mol. The maximum absolute atomic E-state index is 10.1. The Hall–Kier alpha value is -2.62. The van der Waals surface area contributed by atoms with Crippen LogP contribution in [0.25, 0.3) is 11.3 Å². The quantitative estimate of drug-likeness (QED) is 0.756. The third-order valence-corrected chi connectivity index (χ3v) is 3.96. The van der Waals surface area contributed by atoms with Gasteiger partial charge in [-0.05, 0) is 41.8 Å². The van der Waals surface area contributed by atoms with Gasteiger partial charge in [0.05, 0.1) is 23.9 Å². The van der Waals surface area contributed by atoms with Crippen molar-refractivity contribution in [1.82, 2.24) is 9.78 Å². The summed E-state index contributed by atoms with van der Waals surface area (Å²) < 4.78 is 7.23. The van der Waals surface area contributed by atoms with E-state index in [1.54, 1.807) is 40.3 Å². The van der Waals surface area contributed by atoms with Crippen molar-refractivity contribution < 1.29 is 9.84 Å². The molecule has 0 aliphatic rings. The molecule has 23 heavy (non-hydrogen) atoms. The molecule has 2 aromatic heterocycles. The summed E-state index contributed by atoms with van der Waals surface area (Å²) in [6.45, 7) is 0.528.